The molecule has 0 aliphatic rings. The van der Waals surface area contributed by atoms with Crippen molar-refractivity contribution in [2.24, 2.45) is 0 Å². The zero-order valence-corrected chi connectivity index (χ0v) is 14.1. The lowest BCUT2D eigenvalue weighted by Gasteiger charge is -2.16. The standard InChI is InChI=1S/C17H17BrClNO/c1-12-7-8-14(10-16(12)19)17(21)20-15(11-18)9-13-5-3-2-4-6-13/h2-8,10,15H,9,11H2,1H3,(H,20,21). The van der Waals surface area contributed by atoms with Gasteiger partial charge in [-0.05, 0) is 36.6 Å². The van der Waals surface area contributed by atoms with E-state index in [0.717, 1.165) is 12.0 Å². The monoisotopic (exact) mass is 365 g/mol. The molecule has 0 aromatic heterocycles. The van der Waals surface area contributed by atoms with Gasteiger partial charge in [0.15, 0.2) is 0 Å². The first-order valence-electron chi connectivity index (χ1n) is 6.77. The number of carbonyl (C=O) groups excluding carboxylic acids is 1. The third-order valence-corrected chi connectivity index (χ3v) is 4.47. The van der Waals surface area contributed by atoms with Gasteiger partial charge in [0.2, 0.25) is 0 Å². The summed E-state index contributed by atoms with van der Waals surface area (Å²) in [7, 11) is 0. The van der Waals surface area contributed by atoms with Crippen molar-refractivity contribution in [1.82, 2.24) is 5.32 Å². The quantitative estimate of drug-likeness (QED) is 0.782. The Bertz CT molecular complexity index is 615. The molecule has 1 atom stereocenters. The Morgan fingerprint density at radius 1 is 1.24 bits per heavy atom. The van der Waals surface area contributed by atoms with E-state index < -0.39 is 0 Å². The molecule has 2 aromatic carbocycles. The molecule has 1 N–H and O–H groups in total. The number of hydrogen-bond acceptors (Lipinski definition) is 1. The zero-order valence-electron chi connectivity index (χ0n) is 11.8. The Hall–Kier alpha value is -1.32. The van der Waals surface area contributed by atoms with E-state index in [0.29, 0.717) is 15.9 Å². The van der Waals surface area contributed by atoms with Crippen molar-refractivity contribution in [1.29, 1.82) is 0 Å². The fraction of sp³-hybridized carbons (Fsp3) is 0.235. The van der Waals surface area contributed by atoms with Crippen molar-refractivity contribution in [3.63, 3.8) is 0 Å². The van der Waals surface area contributed by atoms with Crippen LogP contribution in [0.15, 0.2) is 48.5 Å². The van der Waals surface area contributed by atoms with Crippen LogP contribution in [0.3, 0.4) is 0 Å². The van der Waals surface area contributed by atoms with E-state index in [9.17, 15) is 4.79 Å². The van der Waals surface area contributed by atoms with Crippen molar-refractivity contribution in [2.45, 2.75) is 19.4 Å². The minimum absolute atomic E-state index is 0.0416. The second-order valence-corrected chi connectivity index (χ2v) is 6.03. The summed E-state index contributed by atoms with van der Waals surface area (Å²) in [6.45, 7) is 1.92. The van der Waals surface area contributed by atoms with Crippen LogP contribution in [0.4, 0.5) is 0 Å². The van der Waals surface area contributed by atoms with Gasteiger partial charge < -0.3 is 5.32 Å². The highest BCUT2D eigenvalue weighted by atomic mass is 79.9. The van der Waals surface area contributed by atoms with Gasteiger partial charge in [-0.3, -0.25) is 4.79 Å². The molecule has 110 valence electrons. The number of hydrogen-bond donors (Lipinski definition) is 1. The van der Waals surface area contributed by atoms with Crippen LogP contribution in [-0.2, 0) is 6.42 Å². The van der Waals surface area contributed by atoms with Gasteiger partial charge in [0.25, 0.3) is 5.91 Å². The van der Waals surface area contributed by atoms with E-state index in [1.54, 1.807) is 12.1 Å². The minimum atomic E-state index is -0.0997. The second kappa shape index (κ2) is 7.62. The summed E-state index contributed by atoms with van der Waals surface area (Å²) >= 11 is 9.53. The van der Waals surface area contributed by atoms with Crippen LogP contribution in [0, 0.1) is 6.92 Å². The maximum atomic E-state index is 12.3. The molecular weight excluding hydrogens is 350 g/mol. The second-order valence-electron chi connectivity index (χ2n) is 4.98. The normalized spacial score (nSPS) is 12.0. The minimum Gasteiger partial charge on any atom is -0.348 e. The summed E-state index contributed by atoms with van der Waals surface area (Å²) in [4.78, 5) is 12.3. The number of rotatable bonds is 5. The smallest absolute Gasteiger partial charge is 0.251 e. The predicted molar refractivity (Wildman–Crippen MR) is 91.4 cm³/mol. The van der Waals surface area contributed by atoms with Crippen LogP contribution in [0.25, 0.3) is 0 Å². The van der Waals surface area contributed by atoms with Gasteiger partial charge >= 0.3 is 0 Å². The maximum Gasteiger partial charge on any atom is 0.251 e. The Kier molecular flexibility index (Phi) is 5.83. The molecule has 2 nitrogen and oxygen atoms in total. The van der Waals surface area contributed by atoms with Gasteiger partial charge in [-0.2, -0.15) is 0 Å². The molecule has 0 aliphatic carbocycles. The first kappa shape index (κ1) is 16.1. The topological polar surface area (TPSA) is 29.1 Å². The summed E-state index contributed by atoms with van der Waals surface area (Å²) in [5.74, 6) is -0.0997. The van der Waals surface area contributed by atoms with Crippen LogP contribution >= 0.6 is 27.5 Å². The Morgan fingerprint density at radius 2 is 1.95 bits per heavy atom. The number of aryl methyl sites for hydroxylation is 1. The number of nitrogens with one attached hydrogen (secondary N) is 1. The molecule has 0 bridgehead atoms. The Morgan fingerprint density at radius 3 is 2.57 bits per heavy atom. The molecular formula is C17H17BrClNO. The Labute approximate surface area is 138 Å². The van der Waals surface area contributed by atoms with E-state index in [1.165, 1.54) is 5.56 Å². The van der Waals surface area contributed by atoms with Crippen LogP contribution in [0.5, 0.6) is 0 Å². The summed E-state index contributed by atoms with van der Waals surface area (Å²) in [6, 6.07) is 15.5. The molecule has 0 fully saturated rings. The fourth-order valence-corrected chi connectivity index (χ4v) is 2.62. The van der Waals surface area contributed by atoms with Gasteiger partial charge in [0.1, 0.15) is 0 Å². The maximum absolute atomic E-state index is 12.3. The summed E-state index contributed by atoms with van der Waals surface area (Å²) in [5, 5.41) is 4.35. The molecule has 21 heavy (non-hydrogen) atoms. The van der Waals surface area contributed by atoms with E-state index in [1.807, 2.05) is 31.2 Å². The van der Waals surface area contributed by atoms with Crippen molar-refractivity contribution < 1.29 is 4.79 Å². The summed E-state index contributed by atoms with van der Waals surface area (Å²) in [6.07, 6.45) is 0.789. The van der Waals surface area contributed by atoms with Crippen LogP contribution in [0.1, 0.15) is 21.5 Å². The van der Waals surface area contributed by atoms with Crippen LogP contribution in [-0.4, -0.2) is 17.3 Å². The average Bonchev–Trinajstić information content (AvgIpc) is 2.50. The number of amides is 1. The number of carbonyl (C=O) groups is 1. The molecule has 0 saturated heterocycles. The number of alkyl halides is 1. The van der Waals surface area contributed by atoms with E-state index >= 15 is 0 Å². The van der Waals surface area contributed by atoms with Crippen molar-refractivity contribution in [3.8, 4) is 0 Å². The first-order chi connectivity index (χ1) is 10.1. The molecule has 0 radical (unpaired) electrons. The van der Waals surface area contributed by atoms with Gasteiger partial charge in [0.05, 0.1) is 0 Å². The number of benzene rings is 2. The molecule has 1 unspecified atom stereocenters. The highest BCUT2D eigenvalue weighted by Crippen LogP contribution is 2.17. The SMILES string of the molecule is Cc1ccc(C(=O)NC(CBr)Cc2ccccc2)cc1Cl. The highest BCUT2D eigenvalue weighted by Gasteiger charge is 2.14. The van der Waals surface area contributed by atoms with Crippen molar-refractivity contribution in [3.05, 3.63) is 70.2 Å². The lowest BCUT2D eigenvalue weighted by Crippen LogP contribution is -2.37. The predicted octanol–water partition coefficient (Wildman–Crippen LogP) is 4.38. The molecule has 0 saturated carbocycles. The molecule has 1 amide bonds. The van der Waals surface area contributed by atoms with Gasteiger partial charge in [-0.1, -0.05) is 63.9 Å². The van der Waals surface area contributed by atoms with Crippen molar-refractivity contribution >= 4 is 33.4 Å². The van der Waals surface area contributed by atoms with Gasteiger partial charge in [-0.15, -0.1) is 0 Å². The molecule has 0 heterocycles. The molecule has 0 aliphatic heterocycles. The summed E-state index contributed by atoms with van der Waals surface area (Å²) < 4.78 is 0. The molecule has 2 rings (SSSR count). The third kappa shape index (κ3) is 4.58. The average molecular weight is 367 g/mol. The molecule has 2 aromatic rings. The lowest BCUT2D eigenvalue weighted by atomic mass is 10.1. The zero-order chi connectivity index (χ0) is 15.2. The first-order valence-corrected chi connectivity index (χ1v) is 8.27. The van der Waals surface area contributed by atoms with Gasteiger partial charge in [-0.25, -0.2) is 0 Å². The largest absolute Gasteiger partial charge is 0.348 e. The van der Waals surface area contributed by atoms with E-state index in [4.69, 9.17) is 11.6 Å². The van der Waals surface area contributed by atoms with Gasteiger partial charge in [0, 0.05) is 22.0 Å². The highest BCUT2D eigenvalue weighted by molar-refractivity contribution is 9.09. The van der Waals surface area contributed by atoms with E-state index in [2.05, 4.69) is 33.4 Å². The molecule has 0 spiro atoms. The van der Waals surface area contributed by atoms with E-state index in [-0.39, 0.29) is 11.9 Å². The number of halogens is 2. The van der Waals surface area contributed by atoms with Crippen molar-refractivity contribution in [2.75, 3.05) is 5.33 Å². The summed E-state index contributed by atoms with van der Waals surface area (Å²) in [5.41, 5.74) is 2.75. The Balaban J connectivity index is 2.04. The lowest BCUT2D eigenvalue weighted by molar-refractivity contribution is 0.0941. The molecule has 4 heteroatoms. The van der Waals surface area contributed by atoms with Crippen LogP contribution < -0.4 is 5.32 Å². The van der Waals surface area contributed by atoms with Crippen LogP contribution in [0.2, 0.25) is 5.02 Å². The third-order valence-electron chi connectivity index (χ3n) is 3.28. The fourth-order valence-electron chi connectivity index (χ4n) is 2.05.